The van der Waals surface area contributed by atoms with Gasteiger partial charge in [0.1, 0.15) is 5.65 Å². The van der Waals surface area contributed by atoms with Gasteiger partial charge >= 0.3 is 0 Å². The Bertz CT molecular complexity index is 629. The maximum absolute atomic E-state index is 5.99. The molecule has 0 spiro atoms. The second-order valence-corrected chi connectivity index (χ2v) is 6.15. The van der Waals surface area contributed by atoms with Crippen LogP contribution in [-0.4, -0.2) is 46.5 Å². The van der Waals surface area contributed by atoms with Gasteiger partial charge in [0.25, 0.3) is 0 Å². The predicted octanol–water partition coefficient (Wildman–Crippen LogP) is 1.47. The fourth-order valence-electron chi connectivity index (χ4n) is 3.82. The van der Waals surface area contributed by atoms with E-state index >= 15 is 0 Å². The standard InChI is InChI=1S/C16H23N5/c17-11-14-16(18-15-5-1-2-9-21(14)15)20-10-6-13(12-20)19-7-3-4-8-19/h1-2,5,9,13H,3-4,6-8,10-12,17H2. The van der Waals surface area contributed by atoms with Crippen molar-refractivity contribution in [2.45, 2.75) is 31.8 Å². The highest BCUT2D eigenvalue weighted by molar-refractivity contribution is 5.56. The number of hydrogen-bond acceptors (Lipinski definition) is 4. The van der Waals surface area contributed by atoms with Crippen molar-refractivity contribution in [3.8, 4) is 0 Å². The summed E-state index contributed by atoms with van der Waals surface area (Å²) in [4.78, 5) is 9.90. The second-order valence-electron chi connectivity index (χ2n) is 6.15. The van der Waals surface area contributed by atoms with Gasteiger partial charge in [-0.3, -0.25) is 4.90 Å². The molecule has 21 heavy (non-hydrogen) atoms. The molecular formula is C16H23N5. The van der Waals surface area contributed by atoms with Crippen LogP contribution in [0.5, 0.6) is 0 Å². The first-order valence-electron chi connectivity index (χ1n) is 8.02. The molecule has 0 radical (unpaired) electrons. The van der Waals surface area contributed by atoms with E-state index in [1.807, 2.05) is 12.1 Å². The van der Waals surface area contributed by atoms with E-state index in [1.165, 1.54) is 32.4 Å². The molecule has 2 aromatic heterocycles. The Morgan fingerprint density at radius 2 is 2.05 bits per heavy atom. The summed E-state index contributed by atoms with van der Waals surface area (Å²) in [6.07, 6.45) is 6.03. The number of aromatic nitrogens is 2. The fourth-order valence-corrected chi connectivity index (χ4v) is 3.82. The molecule has 2 aliphatic heterocycles. The SMILES string of the molecule is NCc1c(N2CCC(N3CCCC3)C2)nc2ccccn12. The molecule has 2 aromatic rings. The number of fused-ring (bicyclic) bond motifs is 1. The van der Waals surface area contributed by atoms with E-state index in [0.717, 1.165) is 30.2 Å². The van der Waals surface area contributed by atoms with Crippen LogP contribution in [0.3, 0.4) is 0 Å². The zero-order valence-corrected chi connectivity index (χ0v) is 12.4. The lowest BCUT2D eigenvalue weighted by Gasteiger charge is -2.24. The molecule has 4 rings (SSSR count). The molecule has 2 N–H and O–H groups in total. The number of anilines is 1. The van der Waals surface area contributed by atoms with Crippen molar-refractivity contribution in [1.29, 1.82) is 0 Å². The number of likely N-dealkylation sites (tertiary alicyclic amines) is 1. The zero-order valence-electron chi connectivity index (χ0n) is 12.4. The van der Waals surface area contributed by atoms with Gasteiger partial charge in [0.2, 0.25) is 0 Å². The van der Waals surface area contributed by atoms with Crippen LogP contribution in [0.1, 0.15) is 25.0 Å². The number of rotatable bonds is 3. The lowest BCUT2D eigenvalue weighted by molar-refractivity contribution is 0.260. The van der Waals surface area contributed by atoms with Crippen LogP contribution in [0.2, 0.25) is 0 Å². The van der Waals surface area contributed by atoms with Gasteiger partial charge in [-0.1, -0.05) is 6.07 Å². The van der Waals surface area contributed by atoms with Gasteiger partial charge in [-0.15, -0.1) is 0 Å². The van der Waals surface area contributed by atoms with Crippen LogP contribution >= 0.6 is 0 Å². The third kappa shape index (κ3) is 2.21. The van der Waals surface area contributed by atoms with Gasteiger partial charge in [-0.2, -0.15) is 0 Å². The van der Waals surface area contributed by atoms with Gasteiger partial charge in [0.15, 0.2) is 5.82 Å². The maximum atomic E-state index is 5.99. The average Bonchev–Trinajstić information content (AvgIpc) is 3.24. The summed E-state index contributed by atoms with van der Waals surface area (Å²) >= 11 is 0. The predicted molar refractivity (Wildman–Crippen MR) is 84.5 cm³/mol. The van der Waals surface area contributed by atoms with E-state index in [9.17, 15) is 0 Å². The molecular weight excluding hydrogens is 262 g/mol. The normalized spacial score (nSPS) is 23.5. The third-order valence-corrected chi connectivity index (χ3v) is 4.92. The zero-order chi connectivity index (χ0) is 14.2. The van der Waals surface area contributed by atoms with Crippen LogP contribution in [-0.2, 0) is 6.54 Å². The van der Waals surface area contributed by atoms with E-state index in [1.54, 1.807) is 0 Å². The minimum Gasteiger partial charge on any atom is -0.353 e. The van der Waals surface area contributed by atoms with E-state index in [0.29, 0.717) is 12.6 Å². The fraction of sp³-hybridized carbons (Fsp3) is 0.562. The Morgan fingerprint density at radius 1 is 1.19 bits per heavy atom. The molecule has 2 aliphatic rings. The molecule has 2 fully saturated rings. The second kappa shape index (κ2) is 5.31. The minimum atomic E-state index is 0.533. The molecule has 1 atom stereocenters. The highest BCUT2D eigenvalue weighted by atomic mass is 15.3. The third-order valence-electron chi connectivity index (χ3n) is 4.92. The summed E-state index contributed by atoms with van der Waals surface area (Å²) in [5, 5.41) is 0. The quantitative estimate of drug-likeness (QED) is 0.928. The van der Waals surface area contributed by atoms with Crippen LogP contribution in [0.15, 0.2) is 24.4 Å². The Morgan fingerprint density at radius 3 is 2.86 bits per heavy atom. The van der Waals surface area contributed by atoms with Gasteiger partial charge in [-0.25, -0.2) is 4.98 Å². The molecule has 0 aliphatic carbocycles. The minimum absolute atomic E-state index is 0.533. The Labute approximate surface area is 125 Å². The molecule has 0 saturated carbocycles. The Kier molecular flexibility index (Phi) is 3.31. The molecule has 2 saturated heterocycles. The van der Waals surface area contributed by atoms with Crippen molar-refractivity contribution in [2.24, 2.45) is 5.73 Å². The van der Waals surface area contributed by atoms with Crippen molar-refractivity contribution in [1.82, 2.24) is 14.3 Å². The molecule has 112 valence electrons. The van der Waals surface area contributed by atoms with Gasteiger partial charge in [0.05, 0.1) is 5.69 Å². The number of hydrogen-bond donors (Lipinski definition) is 1. The van der Waals surface area contributed by atoms with Crippen molar-refractivity contribution in [3.63, 3.8) is 0 Å². The van der Waals surface area contributed by atoms with Crippen LogP contribution in [0.25, 0.3) is 5.65 Å². The van der Waals surface area contributed by atoms with Crippen molar-refractivity contribution in [3.05, 3.63) is 30.1 Å². The molecule has 0 amide bonds. The molecule has 0 aromatic carbocycles. The maximum Gasteiger partial charge on any atom is 0.152 e. The Hall–Kier alpha value is -1.59. The van der Waals surface area contributed by atoms with Gasteiger partial charge in [0, 0.05) is 31.9 Å². The molecule has 0 bridgehead atoms. The summed E-state index contributed by atoms with van der Waals surface area (Å²) < 4.78 is 2.12. The van der Waals surface area contributed by atoms with Crippen LogP contribution in [0, 0.1) is 0 Å². The lowest BCUT2D eigenvalue weighted by Crippen LogP contribution is -2.35. The number of pyridine rings is 1. The summed E-state index contributed by atoms with van der Waals surface area (Å²) in [7, 11) is 0. The lowest BCUT2D eigenvalue weighted by atomic mass is 10.2. The first-order chi connectivity index (χ1) is 10.4. The van der Waals surface area contributed by atoms with E-state index in [-0.39, 0.29) is 0 Å². The molecule has 5 heteroatoms. The Balaban J connectivity index is 1.61. The van der Waals surface area contributed by atoms with Crippen molar-refractivity contribution in [2.75, 3.05) is 31.1 Å². The average molecular weight is 285 g/mol. The monoisotopic (exact) mass is 285 g/mol. The van der Waals surface area contributed by atoms with E-state index in [4.69, 9.17) is 10.7 Å². The van der Waals surface area contributed by atoms with Crippen molar-refractivity contribution >= 4 is 11.5 Å². The summed E-state index contributed by atoms with van der Waals surface area (Å²) in [6, 6.07) is 6.82. The summed E-state index contributed by atoms with van der Waals surface area (Å²) in [5.41, 5.74) is 8.12. The molecule has 4 heterocycles. The van der Waals surface area contributed by atoms with E-state index in [2.05, 4.69) is 26.5 Å². The molecule has 1 unspecified atom stereocenters. The smallest absolute Gasteiger partial charge is 0.152 e. The van der Waals surface area contributed by atoms with Crippen LogP contribution < -0.4 is 10.6 Å². The number of nitrogens with two attached hydrogens (primary N) is 1. The number of nitrogens with zero attached hydrogens (tertiary/aromatic N) is 4. The van der Waals surface area contributed by atoms with Crippen LogP contribution in [0.4, 0.5) is 5.82 Å². The van der Waals surface area contributed by atoms with E-state index < -0.39 is 0 Å². The summed E-state index contributed by atoms with van der Waals surface area (Å²) in [6.45, 7) is 5.27. The molecule has 5 nitrogen and oxygen atoms in total. The van der Waals surface area contributed by atoms with Crippen molar-refractivity contribution < 1.29 is 0 Å². The number of imidazole rings is 1. The highest BCUT2D eigenvalue weighted by Gasteiger charge is 2.31. The topological polar surface area (TPSA) is 49.8 Å². The largest absolute Gasteiger partial charge is 0.353 e. The summed E-state index contributed by atoms with van der Waals surface area (Å²) in [5.74, 6) is 1.09. The van der Waals surface area contributed by atoms with Gasteiger partial charge in [-0.05, 0) is 44.5 Å². The highest BCUT2D eigenvalue weighted by Crippen LogP contribution is 2.28. The first-order valence-corrected chi connectivity index (χ1v) is 8.02. The first kappa shape index (κ1) is 13.1. The van der Waals surface area contributed by atoms with Gasteiger partial charge < -0.3 is 15.0 Å².